The molecule has 2 heteroatoms. The van der Waals surface area contributed by atoms with Gasteiger partial charge in [0.25, 0.3) is 0 Å². The van der Waals surface area contributed by atoms with Crippen molar-refractivity contribution in [3.8, 4) is 0 Å². The average molecular weight is 143 g/mol. The predicted molar refractivity (Wildman–Crippen MR) is 42.8 cm³/mol. The summed E-state index contributed by atoms with van der Waals surface area (Å²) < 4.78 is 0. The molecular weight excluding hydrogens is 126 g/mol. The molecule has 0 heterocycles. The highest BCUT2D eigenvalue weighted by molar-refractivity contribution is 5.46. The lowest BCUT2D eigenvalue weighted by Gasteiger charge is -2.03. The van der Waals surface area contributed by atoms with E-state index in [1.54, 1.807) is 0 Å². The fraction of sp³-hybridized carbons (Fsp3) is 0.875. The summed E-state index contributed by atoms with van der Waals surface area (Å²) in [6, 6.07) is 0. The lowest BCUT2D eigenvalue weighted by atomic mass is 10.1. The van der Waals surface area contributed by atoms with Crippen molar-refractivity contribution in [2.75, 3.05) is 6.54 Å². The van der Waals surface area contributed by atoms with E-state index in [1.165, 1.54) is 12.8 Å². The summed E-state index contributed by atoms with van der Waals surface area (Å²) in [6.45, 7) is 7.04. The van der Waals surface area contributed by atoms with Crippen LogP contribution in [0, 0.1) is 5.41 Å². The zero-order chi connectivity index (χ0) is 8.04. The van der Waals surface area contributed by atoms with Gasteiger partial charge in [0, 0.05) is 6.54 Å². The number of amides is 1. The first-order valence-corrected chi connectivity index (χ1v) is 3.94. The van der Waals surface area contributed by atoms with Crippen molar-refractivity contribution in [2.24, 2.45) is 5.41 Å². The summed E-state index contributed by atoms with van der Waals surface area (Å²) in [5, 5.41) is 2.67. The van der Waals surface area contributed by atoms with E-state index in [0.717, 1.165) is 13.0 Å². The zero-order valence-electron chi connectivity index (χ0n) is 7.11. The molecule has 0 aromatic carbocycles. The van der Waals surface area contributed by atoms with E-state index in [9.17, 15) is 4.79 Å². The van der Waals surface area contributed by atoms with E-state index >= 15 is 0 Å². The highest BCUT2D eigenvalue weighted by Gasteiger charge is 2.36. The van der Waals surface area contributed by atoms with Gasteiger partial charge in [-0.2, -0.15) is 0 Å². The highest BCUT2D eigenvalue weighted by Crippen LogP contribution is 2.43. The second-order valence-corrected chi connectivity index (χ2v) is 2.81. The standard InChI is InChI=1S/C6H11NO.C2H6/c1-6(2-3-6)4-7-5-8;1-2/h5H,2-4H2,1H3,(H,7,8);1-2H3. The molecule has 60 valence electrons. The second kappa shape index (κ2) is 4.31. The Morgan fingerprint density at radius 2 is 2.00 bits per heavy atom. The van der Waals surface area contributed by atoms with E-state index < -0.39 is 0 Å². The van der Waals surface area contributed by atoms with Gasteiger partial charge in [0.1, 0.15) is 0 Å². The van der Waals surface area contributed by atoms with Crippen LogP contribution in [0.2, 0.25) is 0 Å². The van der Waals surface area contributed by atoms with E-state index in [4.69, 9.17) is 0 Å². The molecule has 1 fully saturated rings. The highest BCUT2D eigenvalue weighted by atomic mass is 16.1. The predicted octanol–water partition coefficient (Wildman–Crippen LogP) is 1.56. The van der Waals surface area contributed by atoms with Gasteiger partial charge in [-0.15, -0.1) is 0 Å². The molecule has 0 aliphatic heterocycles. The van der Waals surface area contributed by atoms with Crippen LogP contribution in [0.3, 0.4) is 0 Å². The summed E-state index contributed by atoms with van der Waals surface area (Å²) >= 11 is 0. The van der Waals surface area contributed by atoms with E-state index in [1.807, 2.05) is 13.8 Å². The molecule has 1 rings (SSSR count). The van der Waals surface area contributed by atoms with Crippen LogP contribution in [0.5, 0.6) is 0 Å². The van der Waals surface area contributed by atoms with Crippen molar-refractivity contribution in [1.29, 1.82) is 0 Å². The number of nitrogens with one attached hydrogen (secondary N) is 1. The maximum Gasteiger partial charge on any atom is 0.207 e. The number of carbonyl (C=O) groups excluding carboxylic acids is 1. The first-order chi connectivity index (χ1) is 4.77. The molecule has 1 aliphatic carbocycles. The van der Waals surface area contributed by atoms with Crippen LogP contribution in [0.4, 0.5) is 0 Å². The topological polar surface area (TPSA) is 29.1 Å². The van der Waals surface area contributed by atoms with Crippen molar-refractivity contribution >= 4 is 6.41 Å². The van der Waals surface area contributed by atoms with Gasteiger partial charge in [-0.05, 0) is 18.3 Å². The minimum atomic E-state index is 0.459. The number of hydrogen-bond donors (Lipinski definition) is 1. The van der Waals surface area contributed by atoms with Crippen LogP contribution in [0.25, 0.3) is 0 Å². The van der Waals surface area contributed by atoms with Gasteiger partial charge < -0.3 is 5.32 Å². The van der Waals surface area contributed by atoms with Crippen LogP contribution in [-0.4, -0.2) is 13.0 Å². The van der Waals surface area contributed by atoms with Crippen molar-refractivity contribution < 1.29 is 4.79 Å². The molecule has 0 aromatic rings. The molecule has 2 nitrogen and oxygen atoms in total. The summed E-state index contributed by atoms with van der Waals surface area (Å²) in [5.74, 6) is 0. The molecule has 0 bridgehead atoms. The number of carbonyl (C=O) groups is 1. The first-order valence-electron chi connectivity index (χ1n) is 3.94. The van der Waals surface area contributed by atoms with Gasteiger partial charge in [-0.25, -0.2) is 0 Å². The smallest absolute Gasteiger partial charge is 0.207 e. The third-order valence-corrected chi connectivity index (χ3v) is 1.72. The van der Waals surface area contributed by atoms with Gasteiger partial charge in [0.05, 0.1) is 0 Å². The Labute approximate surface area is 63.0 Å². The van der Waals surface area contributed by atoms with Crippen molar-refractivity contribution in [3.05, 3.63) is 0 Å². The Bertz CT molecular complexity index is 97.4. The summed E-state index contributed by atoms with van der Waals surface area (Å²) in [4.78, 5) is 9.77. The van der Waals surface area contributed by atoms with Crippen molar-refractivity contribution in [1.82, 2.24) is 5.32 Å². The molecule has 1 saturated carbocycles. The van der Waals surface area contributed by atoms with E-state index in [2.05, 4.69) is 12.2 Å². The largest absolute Gasteiger partial charge is 0.358 e. The Morgan fingerprint density at radius 1 is 1.50 bits per heavy atom. The molecule has 0 spiro atoms. The number of hydrogen-bond acceptors (Lipinski definition) is 1. The van der Waals surface area contributed by atoms with Gasteiger partial charge >= 0.3 is 0 Å². The summed E-state index contributed by atoms with van der Waals surface area (Å²) in [6.07, 6.45) is 3.31. The van der Waals surface area contributed by atoms with Crippen LogP contribution >= 0.6 is 0 Å². The second-order valence-electron chi connectivity index (χ2n) is 2.81. The Morgan fingerprint density at radius 3 is 2.30 bits per heavy atom. The van der Waals surface area contributed by atoms with Gasteiger partial charge in [-0.3, -0.25) is 4.79 Å². The normalized spacial score (nSPS) is 18.3. The third-order valence-electron chi connectivity index (χ3n) is 1.72. The molecule has 0 atom stereocenters. The average Bonchev–Trinajstić information content (AvgIpc) is 2.70. The lowest BCUT2D eigenvalue weighted by molar-refractivity contribution is -0.109. The van der Waals surface area contributed by atoms with Gasteiger partial charge in [-0.1, -0.05) is 20.8 Å². The molecule has 1 amide bonds. The minimum Gasteiger partial charge on any atom is -0.358 e. The molecule has 1 aliphatic rings. The first kappa shape index (κ1) is 9.47. The third kappa shape index (κ3) is 3.49. The molecule has 1 N–H and O–H groups in total. The summed E-state index contributed by atoms with van der Waals surface area (Å²) in [5.41, 5.74) is 0.459. The number of rotatable bonds is 3. The molecular formula is C8H17NO. The zero-order valence-corrected chi connectivity index (χ0v) is 7.11. The van der Waals surface area contributed by atoms with Crippen LogP contribution in [-0.2, 0) is 4.79 Å². The maximum absolute atomic E-state index is 9.77. The molecule has 0 saturated heterocycles. The lowest BCUT2D eigenvalue weighted by Crippen LogP contribution is -2.19. The molecule has 0 unspecified atom stereocenters. The fourth-order valence-corrected chi connectivity index (χ4v) is 0.678. The van der Waals surface area contributed by atoms with Gasteiger partial charge in [0.15, 0.2) is 0 Å². The fourth-order valence-electron chi connectivity index (χ4n) is 0.678. The molecule has 0 aromatic heterocycles. The van der Waals surface area contributed by atoms with Crippen molar-refractivity contribution in [3.63, 3.8) is 0 Å². The molecule has 0 radical (unpaired) electrons. The van der Waals surface area contributed by atoms with E-state index in [-0.39, 0.29) is 0 Å². The quantitative estimate of drug-likeness (QED) is 0.597. The Balaban J connectivity index is 0.000000371. The van der Waals surface area contributed by atoms with Gasteiger partial charge in [0.2, 0.25) is 6.41 Å². The molecule has 10 heavy (non-hydrogen) atoms. The SMILES string of the molecule is CC.CC1(CNC=O)CC1. The monoisotopic (exact) mass is 143 g/mol. The Hall–Kier alpha value is -0.530. The van der Waals surface area contributed by atoms with Crippen LogP contribution in [0.1, 0.15) is 33.6 Å². The van der Waals surface area contributed by atoms with E-state index in [0.29, 0.717) is 5.41 Å². The Kier molecular flexibility index (Phi) is 4.08. The maximum atomic E-state index is 9.77. The van der Waals surface area contributed by atoms with Crippen LogP contribution < -0.4 is 5.32 Å². The summed E-state index contributed by atoms with van der Waals surface area (Å²) in [7, 11) is 0. The van der Waals surface area contributed by atoms with Crippen molar-refractivity contribution in [2.45, 2.75) is 33.6 Å². The minimum absolute atomic E-state index is 0.459. The van der Waals surface area contributed by atoms with Crippen LogP contribution in [0.15, 0.2) is 0 Å².